The average Bonchev–Trinajstić information content (AvgIpc) is 2.77. The lowest BCUT2D eigenvalue weighted by atomic mass is 10.0. The number of nitrogens with two attached hydrogens (primary N) is 1. The van der Waals surface area contributed by atoms with Crippen LogP contribution >= 0.6 is 0 Å². The molecule has 0 bridgehead atoms. The Labute approximate surface area is 92.7 Å². The van der Waals surface area contributed by atoms with Gasteiger partial charge in [-0.1, -0.05) is 19.0 Å². The highest BCUT2D eigenvalue weighted by Crippen LogP contribution is 2.03. The third-order valence-corrected chi connectivity index (χ3v) is 2.13. The van der Waals surface area contributed by atoms with Gasteiger partial charge in [0.1, 0.15) is 5.69 Å². The lowest BCUT2D eigenvalue weighted by molar-refractivity contribution is 0.0933. The first-order valence-corrected chi connectivity index (χ1v) is 4.84. The lowest BCUT2D eigenvalue weighted by Crippen LogP contribution is -2.47. The van der Waals surface area contributed by atoms with Crippen molar-refractivity contribution in [2.45, 2.75) is 19.9 Å². The number of nitrogens with one attached hydrogen (secondary N) is 2. The van der Waals surface area contributed by atoms with E-state index in [1.807, 2.05) is 13.8 Å². The molecule has 5 N–H and O–H groups in total. The molecule has 0 aliphatic heterocycles. The molecule has 0 aliphatic rings. The van der Waals surface area contributed by atoms with Crippen LogP contribution in [-0.2, 0) is 0 Å². The number of aromatic amines is 1. The van der Waals surface area contributed by atoms with Gasteiger partial charge in [-0.3, -0.25) is 9.89 Å². The Morgan fingerprint density at radius 3 is 2.81 bits per heavy atom. The van der Waals surface area contributed by atoms with Crippen molar-refractivity contribution < 1.29 is 10.0 Å². The van der Waals surface area contributed by atoms with E-state index in [1.165, 1.54) is 6.20 Å². The molecular formula is C9H15N5O2. The van der Waals surface area contributed by atoms with Gasteiger partial charge >= 0.3 is 0 Å². The smallest absolute Gasteiger partial charge is 0.269 e. The third-order valence-electron chi connectivity index (χ3n) is 2.13. The summed E-state index contributed by atoms with van der Waals surface area (Å²) in [5.74, 6) is -0.353. The SMILES string of the molecule is CC(C)C(NC(=O)c1ccn[nH]1)C(N)=NO. The number of rotatable bonds is 4. The summed E-state index contributed by atoms with van der Waals surface area (Å²) >= 11 is 0. The Hall–Kier alpha value is -2.05. The monoisotopic (exact) mass is 225 g/mol. The number of nitrogens with zero attached hydrogens (tertiary/aromatic N) is 2. The van der Waals surface area contributed by atoms with Gasteiger partial charge in [0.15, 0.2) is 5.84 Å². The molecule has 1 aromatic rings. The van der Waals surface area contributed by atoms with Crippen LogP contribution in [0.4, 0.5) is 0 Å². The fraction of sp³-hybridized carbons (Fsp3) is 0.444. The van der Waals surface area contributed by atoms with Gasteiger partial charge in [-0.25, -0.2) is 0 Å². The zero-order chi connectivity index (χ0) is 12.1. The number of hydrogen-bond acceptors (Lipinski definition) is 4. The van der Waals surface area contributed by atoms with Crippen LogP contribution in [0.1, 0.15) is 24.3 Å². The molecule has 7 heteroatoms. The van der Waals surface area contributed by atoms with E-state index in [2.05, 4.69) is 20.7 Å². The number of carbonyl (C=O) groups is 1. The highest BCUT2D eigenvalue weighted by Gasteiger charge is 2.21. The lowest BCUT2D eigenvalue weighted by Gasteiger charge is -2.20. The average molecular weight is 225 g/mol. The van der Waals surface area contributed by atoms with E-state index in [-0.39, 0.29) is 17.7 Å². The molecule has 1 heterocycles. The Bertz CT molecular complexity index is 371. The minimum Gasteiger partial charge on any atom is -0.409 e. The highest BCUT2D eigenvalue weighted by atomic mass is 16.4. The zero-order valence-electron chi connectivity index (χ0n) is 9.14. The summed E-state index contributed by atoms with van der Waals surface area (Å²) in [5, 5.41) is 20.3. The van der Waals surface area contributed by atoms with Crippen LogP contribution in [-0.4, -0.2) is 33.2 Å². The van der Waals surface area contributed by atoms with Gasteiger partial charge in [-0.05, 0) is 12.0 Å². The Morgan fingerprint density at radius 2 is 2.38 bits per heavy atom. The second-order valence-corrected chi connectivity index (χ2v) is 3.69. The molecule has 1 aromatic heterocycles. The minimum absolute atomic E-state index is 0.0165. The first-order chi connectivity index (χ1) is 7.56. The fourth-order valence-corrected chi connectivity index (χ4v) is 1.25. The van der Waals surface area contributed by atoms with Gasteiger partial charge in [0, 0.05) is 6.20 Å². The van der Waals surface area contributed by atoms with Crippen LogP contribution in [0.5, 0.6) is 0 Å². The first kappa shape index (κ1) is 12.0. The van der Waals surface area contributed by atoms with Gasteiger partial charge in [0.25, 0.3) is 5.91 Å². The van der Waals surface area contributed by atoms with Crippen molar-refractivity contribution in [3.63, 3.8) is 0 Å². The summed E-state index contributed by atoms with van der Waals surface area (Å²) in [7, 11) is 0. The van der Waals surface area contributed by atoms with Crippen LogP contribution in [0.2, 0.25) is 0 Å². The van der Waals surface area contributed by atoms with Gasteiger partial charge in [-0.2, -0.15) is 5.10 Å². The van der Waals surface area contributed by atoms with Crippen LogP contribution in [0.25, 0.3) is 0 Å². The van der Waals surface area contributed by atoms with Gasteiger partial charge in [0.05, 0.1) is 6.04 Å². The summed E-state index contributed by atoms with van der Waals surface area (Å²) in [4.78, 5) is 11.7. The molecule has 88 valence electrons. The number of hydrogen-bond donors (Lipinski definition) is 4. The number of aromatic nitrogens is 2. The summed E-state index contributed by atoms with van der Waals surface area (Å²) < 4.78 is 0. The number of amides is 1. The second-order valence-electron chi connectivity index (χ2n) is 3.69. The normalized spacial score (nSPS) is 13.8. The maximum absolute atomic E-state index is 11.7. The van der Waals surface area contributed by atoms with E-state index in [0.29, 0.717) is 5.69 Å². The minimum atomic E-state index is -0.513. The zero-order valence-corrected chi connectivity index (χ0v) is 9.14. The molecular weight excluding hydrogens is 210 g/mol. The second kappa shape index (κ2) is 5.15. The van der Waals surface area contributed by atoms with Crippen molar-refractivity contribution in [3.8, 4) is 0 Å². The van der Waals surface area contributed by atoms with E-state index in [0.717, 1.165) is 0 Å². The maximum Gasteiger partial charge on any atom is 0.269 e. The van der Waals surface area contributed by atoms with E-state index in [9.17, 15) is 4.79 Å². The molecule has 0 saturated heterocycles. The van der Waals surface area contributed by atoms with Gasteiger partial charge < -0.3 is 16.3 Å². The van der Waals surface area contributed by atoms with E-state index < -0.39 is 6.04 Å². The highest BCUT2D eigenvalue weighted by molar-refractivity contribution is 5.96. The molecule has 0 radical (unpaired) electrons. The molecule has 0 saturated carbocycles. The van der Waals surface area contributed by atoms with Crippen molar-refractivity contribution >= 4 is 11.7 Å². The Kier molecular flexibility index (Phi) is 3.87. The molecule has 1 amide bonds. The molecule has 0 spiro atoms. The largest absolute Gasteiger partial charge is 0.409 e. The van der Waals surface area contributed by atoms with E-state index in [4.69, 9.17) is 10.9 Å². The van der Waals surface area contributed by atoms with Crippen molar-refractivity contribution in [1.82, 2.24) is 15.5 Å². The van der Waals surface area contributed by atoms with Crippen LogP contribution < -0.4 is 11.1 Å². The van der Waals surface area contributed by atoms with Crippen LogP contribution in [0, 0.1) is 5.92 Å². The van der Waals surface area contributed by atoms with Crippen molar-refractivity contribution in [1.29, 1.82) is 0 Å². The predicted octanol–water partition coefficient (Wildman–Crippen LogP) is -0.0895. The van der Waals surface area contributed by atoms with Gasteiger partial charge in [-0.15, -0.1) is 0 Å². The molecule has 1 rings (SSSR count). The molecule has 0 fully saturated rings. The van der Waals surface area contributed by atoms with Crippen molar-refractivity contribution in [3.05, 3.63) is 18.0 Å². The van der Waals surface area contributed by atoms with Crippen LogP contribution in [0.15, 0.2) is 17.4 Å². The number of carbonyl (C=O) groups excluding carboxylic acids is 1. The molecule has 1 unspecified atom stereocenters. The molecule has 1 atom stereocenters. The third kappa shape index (κ3) is 2.72. The molecule has 7 nitrogen and oxygen atoms in total. The standard InChI is InChI=1S/C9H15N5O2/c1-5(2)7(8(10)14-16)12-9(15)6-3-4-11-13-6/h3-5,7,16H,1-2H3,(H2,10,14)(H,11,13)(H,12,15). The van der Waals surface area contributed by atoms with E-state index >= 15 is 0 Å². The van der Waals surface area contributed by atoms with Gasteiger partial charge in [0.2, 0.25) is 0 Å². The summed E-state index contributed by atoms with van der Waals surface area (Å²) in [6.07, 6.45) is 1.47. The van der Waals surface area contributed by atoms with Crippen molar-refractivity contribution in [2.75, 3.05) is 0 Å². The summed E-state index contributed by atoms with van der Waals surface area (Å²) in [6, 6.07) is 1.03. The summed E-state index contributed by atoms with van der Waals surface area (Å²) in [5.41, 5.74) is 5.81. The fourth-order valence-electron chi connectivity index (χ4n) is 1.25. The Morgan fingerprint density at radius 1 is 1.69 bits per heavy atom. The predicted molar refractivity (Wildman–Crippen MR) is 58.1 cm³/mol. The molecule has 0 aliphatic carbocycles. The topological polar surface area (TPSA) is 116 Å². The quantitative estimate of drug-likeness (QED) is 0.248. The number of H-pyrrole nitrogens is 1. The van der Waals surface area contributed by atoms with E-state index in [1.54, 1.807) is 6.07 Å². The summed E-state index contributed by atoms with van der Waals surface area (Å²) in [6.45, 7) is 3.71. The number of amidine groups is 1. The Balaban J connectivity index is 2.73. The molecule has 0 aromatic carbocycles. The molecule has 16 heavy (non-hydrogen) atoms. The van der Waals surface area contributed by atoms with Crippen LogP contribution in [0.3, 0.4) is 0 Å². The van der Waals surface area contributed by atoms with Crippen molar-refractivity contribution in [2.24, 2.45) is 16.8 Å². The first-order valence-electron chi connectivity index (χ1n) is 4.84. The number of oxime groups is 1. The maximum atomic E-state index is 11.7.